The van der Waals surface area contributed by atoms with Crippen LogP contribution in [0.4, 0.5) is 11.4 Å². The van der Waals surface area contributed by atoms with Gasteiger partial charge in [-0.15, -0.1) is 0 Å². The predicted molar refractivity (Wildman–Crippen MR) is 75.2 cm³/mol. The van der Waals surface area contributed by atoms with Gasteiger partial charge >= 0.3 is 0 Å². The van der Waals surface area contributed by atoms with E-state index in [-0.39, 0.29) is 11.6 Å². The third-order valence-corrected chi connectivity index (χ3v) is 2.97. The van der Waals surface area contributed by atoms with E-state index in [1.54, 1.807) is 24.3 Å². The third kappa shape index (κ3) is 3.38. The Morgan fingerprint density at radius 1 is 1.05 bits per heavy atom. The van der Waals surface area contributed by atoms with Crippen LogP contribution in [0.2, 0.25) is 0 Å². The maximum absolute atomic E-state index is 11.9. The van der Waals surface area contributed by atoms with Crippen molar-refractivity contribution in [2.75, 3.05) is 5.32 Å². The summed E-state index contributed by atoms with van der Waals surface area (Å²) in [5.41, 5.74) is 1.02. The first-order chi connectivity index (χ1) is 9.06. The van der Waals surface area contributed by atoms with Crippen molar-refractivity contribution in [3.8, 4) is 0 Å². The van der Waals surface area contributed by atoms with Crippen molar-refractivity contribution in [2.24, 2.45) is 0 Å². The Balaban J connectivity index is 2.10. The Kier molecular flexibility index (Phi) is 3.91. The van der Waals surface area contributed by atoms with Gasteiger partial charge in [0.15, 0.2) is 0 Å². The van der Waals surface area contributed by atoms with Crippen molar-refractivity contribution in [1.82, 2.24) is 0 Å². The molecule has 1 N–H and O–H groups in total. The predicted octanol–water partition coefficient (Wildman–Crippen LogP) is 3.61. The fourth-order valence-electron chi connectivity index (χ4n) is 1.47. The van der Waals surface area contributed by atoms with Gasteiger partial charge in [0.25, 0.3) is 11.6 Å². The minimum Gasteiger partial charge on any atom is -0.322 e. The second-order valence-corrected chi connectivity index (χ2v) is 4.68. The summed E-state index contributed by atoms with van der Waals surface area (Å²) in [6.07, 6.45) is 0. The van der Waals surface area contributed by atoms with Crippen LogP contribution in [-0.2, 0) is 0 Å². The first kappa shape index (κ1) is 13.2. The van der Waals surface area contributed by atoms with Gasteiger partial charge in [-0.25, -0.2) is 0 Å². The molecule has 0 aliphatic heterocycles. The molecule has 2 aromatic carbocycles. The molecular formula is C13H9BrN2O3. The van der Waals surface area contributed by atoms with Crippen LogP contribution in [-0.4, -0.2) is 10.8 Å². The molecule has 0 unspecified atom stereocenters. The summed E-state index contributed by atoms with van der Waals surface area (Å²) in [6.45, 7) is 0. The number of halogens is 1. The van der Waals surface area contributed by atoms with E-state index in [9.17, 15) is 14.9 Å². The number of rotatable bonds is 3. The second-order valence-electron chi connectivity index (χ2n) is 3.77. The van der Waals surface area contributed by atoms with Crippen LogP contribution in [0.5, 0.6) is 0 Å². The zero-order valence-corrected chi connectivity index (χ0v) is 11.3. The van der Waals surface area contributed by atoms with Crippen LogP contribution in [0, 0.1) is 10.1 Å². The molecule has 2 rings (SSSR count). The van der Waals surface area contributed by atoms with Gasteiger partial charge in [0, 0.05) is 27.9 Å². The standard InChI is InChI=1S/C13H9BrN2O3/c14-10-3-1-9(2-4-10)13(17)15-11-5-7-12(8-6-11)16(18)19/h1-8H,(H,15,17). The van der Waals surface area contributed by atoms with Crippen molar-refractivity contribution in [1.29, 1.82) is 0 Å². The van der Waals surface area contributed by atoms with Gasteiger partial charge in [-0.1, -0.05) is 15.9 Å². The molecule has 2 aromatic rings. The average molecular weight is 321 g/mol. The van der Waals surface area contributed by atoms with Crippen LogP contribution >= 0.6 is 15.9 Å². The number of nitro groups is 1. The van der Waals surface area contributed by atoms with Crippen LogP contribution in [0.3, 0.4) is 0 Å². The smallest absolute Gasteiger partial charge is 0.269 e. The molecule has 0 fully saturated rings. The van der Waals surface area contributed by atoms with Crippen molar-refractivity contribution < 1.29 is 9.72 Å². The zero-order chi connectivity index (χ0) is 13.8. The third-order valence-electron chi connectivity index (χ3n) is 2.44. The van der Waals surface area contributed by atoms with Gasteiger partial charge in [-0.05, 0) is 36.4 Å². The van der Waals surface area contributed by atoms with Gasteiger partial charge in [-0.2, -0.15) is 0 Å². The topological polar surface area (TPSA) is 72.2 Å². The maximum Gasteiger partial charge on any atom is 0.269 e. The summed E-state index contributed by atoms with van der Waals surface area (Å²) in [7, 11) is 0. The summed E-state index contributed by atoms with van der Waals surface area (Å²) in [5.74, 6) is -0.263. The molecule has 19 heavy (non-hydrogen) atoms. The number of nitro benzene ring substituents is 1. The molecule has 0 radical (unpaired) electrons. The fraction of sp³-hybridized carbons (Fsp3) is 0. The highest BCUT2D eigenvalue weighted by atomic mass is 79.9. The summed E-state index contributed by atoms with van der Waals surface area (Å²) in [5, 5.41) is 13.2. The van der Waals surface area contributed by atoms with Crippen molar-refractivity contribution >= 4 is 33.2 Å². The first-order valence-electron chi connectivity index (χ1n) is 5.37. The summed E-state index contributed by atoms with van der Waals surface area (Å²) in [6, 6.07) is 12.6. The number of amides is 1. The number of non-ortho nitro benzene ring substituents is 1. The molecule has 0 heterocycles. The number of hydrogen-bond acceptors (Lipinski definition) is 3. The molecule has 0 bridgehead atoms. The van der Waals surface area contributed by atoms with Crippen LogP contribution in [0.25, 0.3) is 0 Å². The molecule has 5 nitrogen and oxygen atoms in total. The van der Waals surface area contributed by atoms with Gasteiger partial charge in [0.1, 0.15) is 0 Å². The number of hydrogen-bond donors (Lipinski definition) is 1. The lowest BCUT2D eigenvalue weighted by Crippen LogP contribution is -2.11. The van der Waals surface area contributed by atoms with Gasteiger partial charge in [0.2, 0.25) is 0 Å². The molecule has 1 amide bonds. The molecular weight excluding hydrogens is 312 g/mol. The van der Waals surface area contributed by atoms with E-state index in [1.165, 1.54) is 24.3 Å². The van der Waals surface area contributed by atoms with E-state index in [4.69, 9.17) is 0 Å². The Bertz CT molecular complexity index is 609. The molecule has 0 saturated heterocycles. The highest BCUT2D eigenvalue weighted by molar-refractivity contribution is 9.10. The van der Waals surface area contributed by atoms with E-state index >= 15 is 0 Å². The van der Waals surface area contributed by atoms with E-state index in [0.29, 0.717) is 11.3 Å². The molecule has 0 aromatic heterocycles. The number of anilines is 1. The van der Waals surface area contributed by atoms with Crippen LogP contribution in [0.1, 0.15) is 10.4 Å². The monoisotopic (exact) mass is 320 g/mol. The molecule has 6 heteroatoms. The quantitative estimate of drug-likeness (QED) is 0.693. The highest BCUT2D eigenvalue weighted by Crippen LogP contribution is 2.17. The molecule has 0 aliphatic carbocycles. The number of carbonyl (C=O) groups is 1. The number of nitrogens with zero attached hydrogens (tertiary/aromatic N) is 1. The molecule has 96 valence electrons. The Morgan fingerprint density at radius 2 is 1.63 bits per heavy atom. The zero-order valence-electron chi connectivity index (χ0n) is 9.67. The lowest BCUT2D eigenvalue weighted by atomic mass is 10.2. The van der Waals surface area contributed by atoms with Gasteiger partial charge in [-0.3, -0.25) is 14.9 Å². The Labute approximate surface area is 117 Å². The van der Waals surface area contributed by atoms with Crippen LogP contribution < -0.4 is 5.32 Å². The fourth-order valence-corrected chi connectivity index (χ4v) is 1.74. The highest BCUT2D eigenvalue weighted by Gasteiger charge is 2.08. The van der Waals surface area contributed by atoms with Crippen LogP contribution in [0.15, 0.2) is 53.0 Å². The van der Waals surface area contributed by atoms with Crippen molar-refractivity contribution in [3.05, 3.63) is 68.7 Å². The normalized spacial score (nSPS) is 9.95. The van der Waals surface area contributed by atoms with E-state index in [0.717, 1.165) is 4.47 Å². The summed E-state index contributed by atoms with van der Waals surface area (Å²) in [4.78, 5) is 21.9. The molecule has 0 aliphatic rings. The SMILES string of the molecule is O=C(Nc1ccc([N+](=O)[O-])cc1)c1ccc(Br)cc1. The Hall–Kier alpha value is -2.21. The minimum atomic E-state index is -0.486. The largest absolute Gasteiger partial charge is 0.322 e. The second kappa shape index (κ2) is 5.62. The van der Waals surface area contributed by atoms with Gasteiger partial charge < -0.3 is 5.32 Å². The summed E-state index contributed by atoms with van der Waals surface area (Å²) < 4.78 is 0.888. The molecule has 0 saturated carbocycles. The molecule has 0 atom stereocenters. The van der Waals surface area contributed by atoms with E-state index in [2.05, 4.69) is 21.2 Å². The van der Waals surface area contributed by atoms with Gasteiger partial charge in [0.05, 0.1) is 4.92 Å². The van der Waals surface area contributed by atoms with Crippen molar-refractivity contribution in [2.45, 2.75) is 0 Å². The first-order valence-corrected chi connectivity index (χ1v) is 6.17. The van der Waals surface area contributed by atoms with E-state index < -0.39 is 4.92 Å². The average Bonchev–Trinajstić information content (AvgIpc) is 2.40. The number of benzene rings is 2. The Morgan fingerprint density at radius 3 is 2.16 bits per heavy atom. The summed E-state index contributed by atoms with van der Waals surface area (Å²) >= 11 is 3.29. The maximum atomic E-state index is 11.9. The molecule has 0 spiro atoms. The van der Waals surface area contributed by atoms with E-state index in [1.807, 2.05) is 0 Å². The van der Waals surface area contributed by atoms with Crippen molar-refractivity contribution in [3.63, 3.8) is 0 Å². The lowest BCUT2D eigenvalue weighted by molar-refractivity contribution is -0.384. The lowest BCUT2D eigenvalue weighted by Gasteiger charge is -2.05. The minimum absolute atomic E-state index is 0.0124. The number of nitrogens with one attached hydrogen (secondary N) is 1. The number of carbonyl (C=O) groups excluding carboxylic acids is 1.